The van der Waals surface area contributed by atoms with Crippen LogP contribution in [0, 0.1) is 13.8 Å². The van der Waals surface area contributed by atoms with Gasteiger partial charge in [0.2, 0.25) is 5.91 Å². The van der Waals surface area contributed by atoms with Crippen LogP contribution in [-0.4, -0.2) is 16.8 Å². The lowest BCUT2D eigenvalue weighted by Crippen LogP contribution is -2.15. The molecule has 0 fully saturated rings. The second-order valence-corrected chi connectivity index (χ2v) is 7.15. The molecule has 0 spiro atoms. The van der Waals surface area contributed by atoms with Gasteiger partial charge in [0.15, 0.2) is 0 Å². The third-order valence-electron chi connectivity index (χ3n) is 4.19. The molecule has 0 aliphatic heterocycles. The molecule has 1 aromatic heterocycles. The highest BCUT2D eigenvalue weighted by atomic mass is 32.2. The summed E-state index contributed by atoms with van der Waals surface area (Å²) in [6, 6.07) is 18.2. The van der Waals surface area contributed by atoms with Crippen molar-refractivity contribution >= 4 is 23.4 Å². The smallest absolute Gasteiger partial charge is 0.234 e. The standard InChI is InChI=1S/C21H22N2O2S/c1-15-19(16(2)25-23-15)13-26-14-21(24)22-20-11-7-6-10-18(20)12-17-8-4-3-5-9-17/h3-11H,12-14H2,1-2H3,(H,22,24). The quantitative estimate of drug-likeness (QED) is 0.655. The van der Waals surface area contributed by atoms with E-state index < -0.39 is 0 Å². The van der Waals surface area contributed by atoms with E-state index in [0.717, 1.165) is 40.4 Å². The van der Waals surface area contributed by atoms with E-state index in [4.69, 9.17) is 4.52 Å². The van der Waals surface area contributed by atoms with Crippen LogP contribution in [0.3, 0.4) is 0 Å². The van der Waals surface area contributed by atoms with Gasteiger partial charge in [-0.3, -0.25) is 4.79 Å². The Labute approximate surface area is 158 Å². The molecule has 0 aliphatic carbocycles. The lowest BCUT2D eigenvalue weighted by molar-refractivity contribution is -0.113. The number of aryl methyl sites for hydroxylation is 2. The van der Waals surface area contributed by atoms with Gasteiger partial charge in [-0.15, -0.1) is 11.8 Å². The van der Waals surface area contributed by atoms with Gasteiger partial charge in [0.1, 0.15) is 5.76 Å². The number of carbonyl (C=O) groups is 1. The highest BCUT2D eigenvalue weighted by molar-refractivity contribution is 7.99. The van der Waals surface area contributed by atoms with E-state index in [-0.39, 0.29) is 5.91 Å². The number of carbonyl (C=O) groups excluding carboxylic acids is 1. The van der Waals surface area contributed by atoms with Crippen molar-refractivity contribution in [3.8, 4) is 0 Å². The molecule has 0 aliphatic rings. The monoisotopic (exact) mass is 366 g/mol. The average Bonchev–Trinajstić information content (AvgIpc) is 2.96. The van der Waals surface area contributed by atoms with Crippen LogP contribution in [0.4, 0.5) is 5.69 Å². The van der Waals surface area contributed by atoms with Crippen molar-refractivity contribution < 1.29 is 9.32 Å². The number of hydrogen-bond donors (Lipinski definition) is 1. The summed E-state index contributed by atoms with van der Waals surface area (Å²) < 4.78 is 5.16. The first-order valence-corrected chi connectivity index (χ1v) is 9.70. The molecule has 1 heterocycles. The molecule has 0 atom stereocenters. The maximum absolute atomic E-state index is 12.3. The van der Waals surface area contributed by atoms with Crippen LogP contribution in [0.5, 0.6) is 0 Å². The lowest BCUT2D eigenvalue weighted by Gasteiger charge is -2.11. The van der Waals surface area contributed by atoms with Gasteiger partial charge in [0.25, 0.3) is 0 Å². The van der Waals surface area contributed by atoms with Crippen LogP contribution >= 0.6 is 11.8 Å². The zero-order chi connectivity index (χ0) is 18.4. The number of anilines is 1. The largest absolute Gasteiger partial charge is 0.361 e. The van der Waals surface area contributed by atoms with Crippen LogP contribution in [0.15, 0.2) is 59.1 Å². The highest BCUT2D eigenvalue weighted by Crippen LogP contribution is 2.21. The number of para-hydroxylation sites is 1. The van der Waals surface area contributed by atoms with Crippen molar-refractivity contribution in [3.63, 3.8) is 0 Å². The van der Waals surface area contributed by atoms with Gasteiger partial charge >= 0.3 is 0 Å². The van der Waals surface area contributed by atoms with Crippen molar-refractivity contribution in [3.05, 3.63) is 82.7 Å². The summed E-state index contributed by atoms with van der Waals surface area (Å²) in [6.45, 7) is 3.82. The fourth-order valence-corrected chi connectivity index (χ4v) is 3.73. The molecule has 134 valence electrons. The SMILES string of the molecule is Cc1noc(C)c1CSCC(=O)Nc1ccccc1Cc1ccccc1. The normalized spacial score (nSPS) is 10.7. The first kappa shape index (κ1) is 18.3. The molecule has 0 saturated carbocycles. The van der Waals surface area contributed by atoms with Gasteiger partial charge < -0.3 is 9.84 Å². The van der Waals surface area contributed by atoms with Crippen molar-refractivity contribution in [1.29, 1.82) is 0 Å². The molecule has 1 amide bonds. The Morgan fingerprint density at radius 2 is 1.81 bits per heavy atom. The molecule has 0 unspecified atom stereocenters. The van der Waals surface area contributed by atoms with Gasteiger partial charge in [0, 0.05) is 17.0 Å². The number of aromatic nitrogens is 1. The van der Waals surface area contributed by atoms with Gasteiger partial charge in [0.05, 0.1) is 11.4 Å². The molecule has 2 aromatic carbocycles. The van der Waals surface area contributed by atoms with E-state index in [2.05, 4.69) is 28.7 Å². The zero-order valence-corrected chi connectivity index (χ0v) is 15.8. The molecule has 0 bridgehead atoms. The third-order valence-corrected chi connectivity index (χ3v) is 5.15. The second kappa shape index (κ2) is 8.72. The summed E-state index contributed by atoms with van der Waals surface area (Å²) in [5, 5.41) is 6.99. The van der Waals surface area contributed by atoms with E-state index in [1.165, 1.54) is 5.56 Å². The Morgan fingerprint density at radius 1 is 1.08 bits per heavy atom. The lowest BCUT2D eigenvalue weighted by atomic mass is 10.0. The van der Waals surface area contributed by atoms with E-state index >= 15 is 0 Å². The van der Waals surface area contributed by atoms with Crippen LogP contribution in [0.1, 0.15) is 28.1 Å². The summed E-state index contributed by atoms with van der Waals surface area (Å²) in [7, 11) is 0. The first-order chi connectivity index (χ1) is 12.6. The zero-order valence-electron chi connectivity index (χ0n) is 15.0. The van der Waals surface area contributed by atoms with E-state index in [1.54, 1.807) is 11.8 Å². The van der Waals surface area contributed by atoms with E-state index in [0.29, 0.717) is 5.75 Å². The van der Waals surface area contributed by atoms with E-state index in [1.807, 2.05) is 50.2 Å². The van der Waals surface area contributed by atoms with Gasteiger partial charge in [-0.05, 0) is 37.5 Å². The first-order valence-electron chi connectivity index (χ1n) is 8.54. The topological polar surface area (TPSA) is 55.1 Å². The molecule has 26 heavy (non-hydrogen) atoms. The Balaban J connectivity index is 1.57. The second-order valence-electron chi connectivity index (χ2n) is 6.16. The molecule has 0 saturated heterocycles. The fraction of sp³-hybridized carbons (Fsp3) is 0.238. The summed E-state index contributed by atoms with van der Waals surface area (Å²) in [6.07, 6.45) is 0.795. The molecular weight excluding hydrogens is 344 g/mol. The maximum atomic E-state index is 12.3. The van der Waals surface area contributed by atoms with Crippen molar-refractivity contribution in [2.75, 3.05) is 11.1 Å². The summed E-state index contributed by atoms with van der Waals surface area (Å²) in [5.74, 6) is 1.94. The highest BCUT2D eigenvalue weighted by Gasteiger charge is 2.11. The summed E-state index contributed by atoms with van der Waals surface area (Å²) in [4.78, 5) is 12.3. The van der Waals surface area contributed by atoms with Gasteiger partial charge in [-0.1, -0.05) is 53.7 Å². The molecule has 5 heteroatoms. The Hall–Kier alpha value is -2.53. The molecule has 4 nitrogen and oxygen atoms in total. The van der Waals surface area contributed by atoms with Crippen molar-refractivity contribution in [2.24, 2.45) is 0 Å². The van der Waals surface area contributed by atoms with Gasteiger partial charge in [-0.2, -0.15) is 0 Å². The average molecular weight is 366 g/mol. The minimum atomic E-state index is 0.00210. The minimum Gasteiger partial charge on any atom is -0.361 e. The van der Waals surface area contributed by atoms with Gasteiger partial charge in [-0.25, -0.2) is 0 Å². The predicted molar refractivity (Wildman–Crippen MR) is 106 cm³/mol. The van der Waals surface area contributed by atoms with Crippen LogP contribution in [-0.2, 0) is 17.0 Å². The number of hydrogen-bond acceptors (Lipinski definition) is 4. The number of rotatable bonds is 7. The Bertz CT molecular complexity index is 855. The molecule has 3 aromatic rings. The van der Waals surface area contributed by atoms with Crippen molar-refractivity contribution in [2.45, 2.75) is 26.0 Å². The molecule has 1 N–H and O–H groups in total. The third kappa shape index (κ3) is 4.76. The van der Waals surface area contributed by atoms with Crippen LogP contribution < -0.4 is 5.32 Å². The van der Waals surface area contributed by atoms with Crippen LogP contribution in [0.2, 0.25) is 0 Å². The maximum Gasteiger partial charge on any atom is 0.234 e. The molecular formula is C21H22N2O2S. The van der Waals surface area contributed by atoms with Crippen molar-refractivity contribution in [1.82, 2.24) is 5.16 Å². The number of thioether (sulfide) groups is 1. The Morgan fingerprint density at radius 3 is 2.54 bits per heavy atom. The number of nitrogens with one attached hydrogen (secondary N) is 1. The fourth-order valence-electron chi connectivity index (χ4n) is 2.75. The summed E-state index contributed by atoms with van der Waals surface area (Å²) in [5.41, 5.74) is 5.18. The number of nitrogens with zero attached hydrogens (tertiary/aromatic N) is 1. The predicted octanol–water partition coefficient (Wildman–Crippen LogP) is 4.75. The summed E-state index contributed by atoms with van der Waals surface area (Å²) >= 11 is 1.56. The Kier molecular flexibility index (Phi) is 6.12. The molecule has 0 radical (unpaired) electrons. The molecule has 3 rings (SSSR count). The number of amides is 1. The van der Waals surface area contributed by atoms with E-state index in [9.17, 15) is 4.79 Å². The van der Waals surface area contributed by atoms with Crippen LogP contribution in [0.25, 0.3) is 0 Å². The number of benzene rings is 2. The minimum absolute atomic E-state index is 0.00210.